The molecule has 1 aliphatic carbocycles. The Bertz CT molecular complexity index is 468. The van der Waals surface area contributed by atoms with E-state index in [9.17, 15) is 4.39 Å². The van der Waals surface area contributed by atoms with Crippen molar-refractivity contribution in [2.24, 2.45) is 16.7 Å². The highest BCUT2D eigenvalue weighted by molar-refractivity contribution is 9.10. The Morgan fingerprint density at radius 2 is 1.84 bits per heavy atom. The lowest BCUT2D eigenvalue weighted by Crippen LogP contribution is -2.32. The summed E-state index contributed by atoms with van der Waals surface area (Å²) in [6.07, 6.45) is 0.854. The minimum absolute atomic E-state index is 0.179. The molecule has 1 saturated carbocycles. The molecule has 1 N–H and O–H groups in total. The Hall–Kier alpha value is -0.410. The number of benzene rings is 1. The first kappa shape index (κ1) is 15.0. The average molecular weight is 328 g/mol. The van der Waals surface area contributed by atoms with Crippen LogP contribution in [0, 0.1) is 22.6 Å². The van der Waals surface area contributed by atoms with E-state index in [1.165, 1.54) is 6.07 Å². The van der Waals surface area contributed by atoms with Crippen molar-refractivity contribution in [2.45, 2.75) is 40.2 Å². The van der Waals surface area contributed by atoms with Crippen molar-refractivity contribution < 1.29 is 4.39 Å². The van der Waals surface area contributed by atoms with Gasteiger partial charge in [-0.15, -0.1) is 0 Å². The monoisotopic (exact) mass is 327 g/mol. The van der Waals surface area contributed by atoms with Crippen molar-refractivity contribution in [1.82, 2.24) is 5.32 Å². The van der Waals surface area contributed by atoms with E-state index in [0.717, 1.165) is 12.0 Å². The maximum atomic E-state index is 13.6. The third-order valence-electron chi connectivity index (χ3n) is 5.38. The van der Waals surface area contributed by atoms with E-state index in [1.807, 2.05) is 13.1 Å². The molecule has 0 bridgehead atoms. The molecule has 106 valence electrons. The van der Waals surface area contributed by atoms with Crippen LogP contribution in [-0.2, 0) is 6.42 Å². The molecular formula is C16H23BrFN. The molecule has 1 aromatic carbocycles. The van der Waals surface area contributed by atoms with E-state index < -0.39 is 0 Å². The molecule has 1 fully saturated rings. The van der Waals surface area contributed by atoms with Gasteiger partial charge in [-0.3, -0.25) is 0 Å². The molecule has 0 saturated heterocycles. The molecule has 0 aliphatic heterocycles. The highest BCUT2D eigenvalue weighted by Gasteiger charge is 2.66. The predicted molar refractivity (Wildman–Crippen MR) is 81.7 cm³/mol. The lowest BCUT2D eigenvalue weighted by Gasteiger charge is -2.19. The molecule has 1 aliphatic rings. The van der Waals surface area contributed by atoms with Crippen molar-refractivity contribution in [1.29, 1.82) is 0 Å². The van der Waals surface area contributed by atoms with Crippen LogP contribution >= 0.6 is 15.9 Å². The zero-order chi connectivity index (χ0) is 14.4. The molecule has 0 spiro atoms. The second-order valence-corrected chi connectivity index (χ2v) is 7.53. The largest absolute Gasteiger partial charge is 0.316 e. The van der Waals surface area contributed by atoms with Crippen LogP contribution in [0.15, 0.2) is 22.7 Å². The SMILES string of the molecule is CNC(Cc1cccc(F)c1Br)C1C(C)(C)C1(C)C. The van der Waals surface area contributed by atoms with Crippen LogP contribution in [0.1, 0.15) is 33.3 Å². The molecule has 19 heavy (non-hydrogen) atoms. The fourth-order valence-corrected chi connectivity index (χ4v) is 4.01. The molecule has 0 aromatic heterocycles. The molecule has 3 heteroatoms. The van der Waals surface area contributed by atoms with E-state index in [0.29, 0.717) is 27.3 Å². The van der Waals surface area contributed by atoms with Crippen molar-refractivity contribution in [3.8, 4) is 0 Å². The number of hydrogen-bond acceptors (Lipinski definition) is 1. The third kappa shape index (κ3) is 2.36. The minimum atomic E-state index is -0.179. The zero-order valence-electron chi connectivity index (χ0n) is 12.3. The lowest BCUT2D eigenvalue weighted by molar-refractivity contribution is 0.420. The van der Waals surface area contributed by atoms with Gasteiger partial charge in [-0.2, -0.15) is 0 Å². The van der Waals surface area contributed by atoms with Gasteiger partial charge < -0.3 is 5.32 Å². The zero-order valence-corrected chi connectivity index (χ0v) is 13.9. The van der Waals surface area contributed by atoms with E-state index in [1.54, 1.807) is 6.07 Å². The van der Waals surface area contributed by atoms with Crippen molar-refractivity contribution >= 4 is 15.9 Å². The predicted octanol–water partition coefficient (Wildman–Crippen LogP) is 4.40. The first-order valence-corrected chi connectivity index (χ1v) is 7.63. The van der Waals surface area contributed by atoms with E-state index in [2.05, 4.69) is 48.9 Å². The maximum Gasteiger partial charge on any atom is 0.137 e. The number of nitrogens with one attached hydrogen (secondary N) is 1. The summed E-state index contributed by atoms with van der Waals surface area (Å²) in [4.78, 5) is 0. The second kappa shape index (κ2) is 4.85. The molecule has 2 rings (SSSR count). The Balaban J connectivity index is 2.20. The Labute approximate surface area is 124 Å². The van der Waals surface area contributed by atoms with Gasteiger partial charge in [0, 0.05) is 6.04 Å². The van der Waals surface area contributed by atoms with E-state index >= 15 is 0 Å². The summed E-state index contributed by atoms with van der Waals surface area (Å²) in [6, 6.07) is 5.65. The highest BCUT2D eigenvalue weighted by atomic mass is 79.9. The fraction of sp³-hybridized carbons (Fsp3) is 0.625. The minimum Gasteiger partial charge on any atom is -0.316 e. The van der Waals surface area contributed by atoms with Crippen molar-refractivity contribution in [2.75, 3.05) is 7.05 Å². The molecule has 1 unspecified atom stereocenters. The molecule has 1 nitrogen and oxygen atoms in total. The number of halogens is 2. The van der Waals surface area contributed by atoms with Crippen LogP contribution in [-0.4, -0.2) is 13.1 Å². The average Bonchev–Trinajstić information content (AvgIpc) is 2.73. The molecular weight excluding hydrogens is 305 g/mol. The number of rotatable bonds is 4. The summed E-state index contributed by atoms with van der Waals surface area (Å²) in [5.74, 6) is 0.432. The van der Waals surface area contributed by atoms with Gasteiger partial charge in [0.25, 0.3) is 0 Å². The summed E-state index contributed by atoms with van der Waals surface area (Å²) in [6.45, 7) is 9.29. The summed E-state index contributed by atoms with van der Waals surface area (Å²) >= 11 is 3.36. The molecule has 1 atom stereocenters. The maximum absolute atomic E-state index is 13.6. The topological polar surface area (TPSA) is 12.0 Å². The second-order valence-electron chi connectivity index (χ2n) is 6.73. The normalized spacial score (nSPS) is 22.3. The van der Waals surface area contributed by atoms with Gasteiger partial charge in [-0.1, -0.05) is 39.8 Å². The van der Waals surface area contributed by atoms with Crippen LogP contribution in [0.2, 0.25) is 0 Å². The van der Waals surface area contributed by atoms with Crippen LogP contribution < -0.4 is 5.32 Å². The summed E-state index contributed by atoms with van der Waals surface area (Å²) in [7, 11) is 2.00. The van der Waals surface area contributed by atoms with Crippen molar-refractivity contribution in [3.05, 3.63) is 34.1 Å². The van der Waals surface area contributed by atoms with Gasteiger partial charge >= 0.3 is 0 Å². The number of hydrogen-bond donors (Lipinski definition) is 1. The summed E-state index contributed by atoms with van der Waals surface area (Å²) in [5.41, 5.74) is 1.71. The Kier molecular flexibility index (Phi) is 3.83. The van der Waals surface area contributed by atoms with Crippen LogP contribution in [0.25, 0.3) is 0 Å². The summed E-state index contributed by atoms with van der Waals surface area (Å²) < 4.78 is 14.2. The fourth-order valence-electron chi connectivity index (χ4n) is 3.58. The van der Waals surface area contributed by atoms with Gasteiger partial charge in [-0.25, -0.2) is 4.39 Å². The van der Waals surface area contributed by atoms with E-state index in [-0.39, 0.29) is 5.82 Å². The highest BCUT2D eigenvalue weighted by Crippen LogP contribution is 2.69. The van der Waals surface area contributed by atoms with E-state index in [4.69, 9.17) is 0 Å². The number of likely N-dealkylation sites (N-methyl/N-ethyl adjacent to an activating group) is 1. The third-order valence-corrected chi connectivity index (χ3v) is 6.26. The van der Waals surface area contributed by atoms with Crippen LogP contribution in [0.5, 0.6) is 0 Å². The van der Waals surface area contributed by atoms with Gasteiger partial charge in [0.15, 0.2) is 0 Å². The van der Waals surface area contributed by atoms with Gasteiger partial charge in [0.1, 0.15) is 5.82 Å². The smallest absolute Gasteiger partial charge is 0.137 e. The lowest BCUT2D eigenvalue weighted by atomic mass is 9.97. The summed E-state index contributed by atoms with van der Waals surface area (Å²) in [5, 5.41) is 3.43. The van der Waals surface area contributed by atoms with Crippen LogP contribution in [0.4, 0.5) is 4.39 Å². The Morgan fingerprint density at radius 1 is 1.26 bits per heavy atom. The quantitative estimate of drug-likeness (QED) is 0.864. The van der Waals surface area contributed by atoms with Gasteiger partial charge in [0.05, 0.1) is 4.47 Å². The molecule has 1 aromatic rings. The first-order valence-electron chi connectivity index (χ1n) is 6.83. The van der Waals surface area contributed by atoms with Crippen LogP contribution in [0.3, 0.4) is 0 Å². The first-order chi connectivity index (χ1) is 8.73. The standard InChI is InChI=1S/C16H23BrFN/c1-15(2)14(16(15,3)4)12(19-5)9-10-7-6-8-11(18)13(10)17/h6-8,12,14,19H,9H2,1-5H3. The van der Waals surface area contributed by atoms with Gasteiger partial charge in [-0.05, 0) is 57.8 Å². The van der Waals surface area contributed by atoms with Crippen molar-refractivity contribution in [3.63, 3.8) is 0 Å². The molecule has 0 radical (unpaired) electrons. The molecule has 0 amide bonds. The molecule has 0 heterocycles. The Morgan fingerprint density at radius 3 is 2.32 bits per heavy atom. The van der Waals surface area contributed by atoms with Gasteiger partial charge in [0.2, 0.25) is 0 Å².